The summed E-state index contributed by atoms with van der Waals surface area (Å²) in [4.78, 5) is 41.5. The molecular weight excluding hydrogens is 420 g/mol. The highest BCUT2D eigenvalue weighted by Crippen LogP contribution is 2.35. The molecule has 2 aromatic carbocycles. The Hall–Kier alpha value is -2.96. The quantitative estimate of drug-likeness (QED) is 0.449. The summed E-state index contributed by atoms with van der Waals surface area (Å²) < 4.78 is 2.58. The summed E-state index contributed by atoms with van der Waals surface area (Å²) in [5, 5.41) is 0.981. The standard InChI is InChI=1S/C23H17ClN2O3S/c24-15-8-4-9-16(12-15)26-21(28)20-17-10-5-11-19(17)30-22(20)25(23(26)29)13-18(27)14-6-2-1-3-7-14/h1-4,6-9,12H,5,10-11,13H2. The summed E-state index contributed by atoms with van der Waals surface area (Å²) >= 11 is 7.58. The average molecular weight is 437 g/mol. The van der Waals surface area contributed by atoms with Crippen molar-refractivity contribution in [2.24, 2.45) is 0 Å². The smallest absolute Gasteiger partial charge is 0.292 e. The first-order valence-electron chi connectivity index (χ1n) is 9.69. The van der Waals surface area contributed by atoms with Crippen LogP contribution in [0, 0.1) is 0 Å². The van der Waals surface area contributed by atoms with E-state index < -0.39 is 5.69 Å². The number of Topliss-reactive ketones (excluding diaryl/α,β-unsaturated/α-hetero) is 1. The lowest BCUT2D eigenvalue weighted by Crippen LogP contribution is -2.39. The third-order valence-electron chi connectivity index (χ3n) is 5.45. The number of rotatable bonds is 4. The van der Waals surface area contributed by atoms with Crippen LogP contribution in [0.3, 0.4) is 0 Å². The lowest BCUT2D eigenvalue weighted by molar-refractivity contribution is 0.0972. The highest BCUT2D eigenvalue weighted by molar-refractivity contribution is 7.19. The molecule has 0 spiro atoms. The number of carbonyl (C=O) groups is 1. The average Bonchev–Trinajstić information content (AvgIpc) is 3.33. The molecule has 0 aliphatic heterocycles. The number of hydrogen-bond donors (Lipinski definition) is 0. The van der Waals surface area contributed by atoms with Crippen LogP contribution in [0.25, 0.3) is 15.9 Å². The Labute approximate surface area is 180 Å². The second-order valence-electron chi connectivity index (χ2n) is 7.32. The van der Waals surface area contributed by atoms with E-state index in [4.69, 9.17) is 11.6 Å². The van der Waals surface area contributed by atoms with Gasteiger partial charge >= 0.3 is 5.69 Å². The summed E-state index contributed by atoms with van der Waals surface area (Å²) in [6.45, 7) is -0.125. The van der Waals surface area contributed by atoms with Gasteiger partial charge in [0, 0.05) is 15.5 Å². The van der Waals surface area contributed by atoms with E-state index in [1.165, 1.54) is 15.9 Å². The number of aryl methyl sites for hydroxylation is 2. The summed E-state index contributed by atoms with van der Waals surface area (Å²) in [6, 6.07) is 15.5. The third kappa shape index (κ3) is 3.04. The van der Waals surface area contributed by atoms with E-state index in [-0.39, 0.29) is 17.9 Å². The van der Waals surface area contributed by atoms with Gasteiger partial charge in [0.15, 0.2) is 5.78 Å². The van der Waals surface area contributed by atoms with Crippen LogP contribution in [-0.4, -0.2) is 14.9 Å². The van der Waals surface area contributed by atoms with Crippen LogP contribution in [0.15, 0.2) is 64.2 Å². The SMILES string of the molecule is O=C(Cn1c(=O)n(-c2cccc(Cl)c2)c(=O)c2c3c(sc21)CCC3)c1ccccc1. The molecule has 30 heavy (non-hydrogen) atoms. The van der Waals surface area contributed by atoms with E-state index in [2.05, 4.69) is 0 Å². The van der Waals surface area contributed by atoms with Gasteiger partial charge in [0.05, 0.1) is 17.6 Å². The van der Waals surface area contributed by atoms with Gasteiger partial charge in [-0.25, -0.2) is 9.36 Å². The van der Waals surface area contributed by atoms with Crippen LogP contribution in [0.2, 0.25) is 5.02 Å². The Morgan fingerprint density at radius 3 is 2.60 bits per heavy atom. The van der Waals surface area contributed by atoms with E-state index in [9.17, 15) is 14.4 Å². The predicted molar refractivity (Wildman–Crippen MR) is 119 cm³/mol. The zero-order valence-corrected chi connectivity index (χ0v) is 17.5. The van der Waals surface area contributed by atoms with Crippen LogP contribution in [0.5, 0.6) is 0 Å². The minimum Gasteiger partial charge on any atom is -0.292 e. The molecule has 0 bridgehead atoms. The molecule has 0 amide bonds. The molecule has 0 radical (unpaired) electrons. The van der Waals surface area contributed by atoms with Crippen LogP contribution >= 0.6 is 22.9 Å². The van der Waals surface area contributed by atoms with E-state index in [0.717, 1.165) is 34.3 Å². The van der Waals surface area contributed by atoms with Crippen LogP contribution in [0.4, 0.5) is 0 Å². The largest absolute Gasteiger partial charge is 0.337 e. The van der Waals surface area contributed by atoms with E-state index in [1.54, 1.807) is 48.5 Å². The van der Waals surface area contributed by atoms with Crippen molar-refractivity contribution in [3.05, 3.63) is 96.5 Å². The van der Waals surface area contributed by atoms with E-state index in [1.807, 2.05) is 6.07 Å². The second kappa shape index (κ2) is 7.38. The summed E-state index contributed by atoms with van der Waals surface area (Å²) in [6.07, 6.45) is 2.70. The van der Waals surface area contributed by atoms with Gasteiger partial charge in [0.1, 0.15) is 4.83 Å². The molecular formula is C23H17ClN2O3S. The van der Waals surface area contributed by atoms with E-state index >= 15 is 0 Å². The molecule has 0 unspecified atom stereocenters. The van der Waals surface area contributed by atoms with Gasteiger partial charge in [-0.3, -0.25) is 14.2 Å². The molecule has 2 aromatic heterocycles. The van der Waals surface area contributed by atoms with Crippen molar-refractivity contribution < 1.29 is 4.79 Å². The van der Waals surface area contributed by atoms with Crippen LogP contribution < -0.4 is 11.2 Å². The molecule has 1 aliphatic carbocycles. The van der Waals surface area contributed by atoms with Gasteiger partial charge in [-0.15, -0.1) is 11.3 Å². The van der Waals surface area contributed by atoms with Gasteiger partial charge < -0.3 is 0 Å². The van der Waals surface area contributed by atoms with Gasteiger partial charge in [-0.2, -0.15) is 0 Å². The number of nitrogens with zero attached hydrogens (tertiary/aromatic N) is 2. The van der Waals surface area contributed by atoms with Gasteiger partial charge in [0.2, 0.25) is 0 Å². The van der Waals surface area contributed by atoms with Crippen LogP contribution in [-0.2, 0) is 19.4 Å². The number of benzene rings is 2. The molecule has 0 saturated carbocycles. The van der Waals surface area contributed by atoms with E-state index in [0.29, 0.717) is 26.5 Å². The summed E-state index contributed by atoms with van der Waals surface area (Å²) in [5.74, 6) is -0.177. The maximum Gasteiger partial charge on any atom is 0.337 e. The third-order valence-corrected chi connectivity index (χ3v) is 7.00. The highest BCUT2D eigenvalue weighted by atomic mass is 35.5. The number of carbonyl (C=O) groups excluding carboxylic acids is 1. The lowest BCUT2D eigenvalue weighted by atomic mass is 10.1. The van der Waals surface area contributed by atoms with Crippen molar-refractivity contribution in [3.8, 4) is 5.69 Å². The van der Waals surface area contributed by atoms with Crippen molar-refractivity contribution in [3.63, 3.8) is 0 Å². The second-order valence-corrected chi connectivity index (χ2v) is 8.84. The molecule has 2 heterocycles. The van der Waals surface area contributed by atoms with Crippen molar-refractivity contribution >= 4 is 38.9 Å². The van der Waals surface area contributed by atoms with Crippen LogP contribution in [0.1, 0.15) is 27.2 Å². The zero-order valence-electron chi connectivity index (χ0n) is 15.9. The Morgan fingerprint density at radius 2 is 1.83 bits per heavy atom. The first kappa shape index (κ1) is 19.0. The molecule has 7 heteroatoms. The Morgan fingerprint density at radius 1 is 1.03 bits per heavy atom. The summed E-state index contributed by atoms with van der Waals surface area (Å²) in [7, 11) is 0. The lowest BCUT2D eigenvalue weighted by Gasteiger charge is -2.12. The number of halogens is 1. The molecule has 150 valence electrons. The first-order chi connectivity index (χ1) is 14.5. The molecule has 0 N–H and O–H groups in total. The minimum atomic E-state index is -0.529. The number of thiophene rings is 1. The molecule has 5 nitrogen and oxygen atoms in total. The van der Waals surface area contributed by atoms with Gasteiger partial charge in [-0.1, -0.05) is 48.0 Å². The fourth-order valence-electron chi connectivity index (χ4n) is 4.05. The predicted octanol–water partition coefficient (Wildman–Crippen LogP) is 4.24. The van der Waals surface area contributed by atoms with Crippen molar-refractivity contribution in [2.45, 2.75) is 25.8 Å². The fourth-order valence-corrected chi connectivity index (χ4v) is 5.61. The first-order valence-corrected chi connectivity index (χ1v) is 10.9. The molecule has 5 rings (SSSR count). The maximum atomic E-state index is 13.4. The highest BCUT2D eigenvalue weighted by Gasteiger charge is 2.26. The van der Waals surface area contributed by atoms with Crippen molar-refractivity contribution in [1.29, 1.82) is 0 Å². The number of aromatic nitrogens is 2. The zero-order chi connectivity index (χ0) is 20.8. The fraction of sp³-hybridized carbons (Fsp3) is 0.174. The molecule has 0 fully saturated rings. The molecule has 0 saturated heterocycles. The Bertz CT molecular complexity index is 1420. The molecule has 4 aromatic rings. The normalized spacial score (nSPS) is 13.0. The molecule has 1 aliphatic rings. The van der Waals surface area contributed by atoms with Gasteiger partial charge in [0.25, 0.3) is 5.56 Å². The minimum absolute atomic E-state index is 0.125. The Kier molecular flexibility index (Phi) is 4.68. The monoisotopic (exact) mass is 436 g/mol. The van der Waals surface area contributed by atoms with Crippen molar-refractivity contribution in [1.82, 2.24) is 9.13 Å². The van der Waals surface area contributed by atoms with Gasteiger partial charge in [-0.05, 0) is 43.0 Å². The van der Waals surface area contributed by atoms with Crippen molar-refractivity contribution in [2.75, 3.05) is 0 Å². The number of ketones is 1. The molecule has 0 atom stereocenters. The maximum absolute atomic E-state index is 13.4. The topological polar surface area (TPSA) is 61.1 Å². The summed E-state index contributed by atoms with van der Waals surface area (Å²) in [5.41, 5.74) is 1.07. The number of hydrogen-bond acceptors (Lipinski definition) is 4. The Balaban J connectivity index is 1.78. The number of fused-ring (bicyclic) bond motifs is 3.